The maximum Gasteiger partial charge on any atom is 0.188 e. The zero-order valence-corrected chi connectivity index (χ0v) is 12.5. The molecule has 0 saturated carbocycles. The Labute approximate surface area is 126 Å². The van der Waals surface area contributed by atoms with Crippen LogP contribution < -0.4 is 11.1 Å². The van der Waals surface area contributed by atoms with Crippen molar-refractivity contribution < 1.29 is 0 Å². The number of nitrogens with zero attached hydrogens (tertiary/aromatic N) is 1. The third kappa shape index (κ3) is 5.30. The summed E-state index contributed by atoms with van der Waals surface area (Å²) in [5.74, 6) is 0.898. The maximum absolute atomic E-state index is 5.90. The minimum Gasteiger partial charge on any atom is -0.370 e. The second-order valence-electron chi connectivity index (χ2n) is 5.20. The average molecular weight is 281 g/mol. The number of hydrogen-bond donors (Lipinski definition) is 2. The second kappa shape index (κ2) is 8.10. The monoisotopic (exact) mass is 281 g/mol. The highest BCUT2D eigenvalue weighted by Gasteiger charge is 2.03. The number of nitrogens with two attached hydrogens (primary N) is 1. The molecular weight excluding hydrogens is 258 g/mol. The zero-order chi connectivity index (χ0) is 14.9. The molecule has 2 aromatic rings. The van der Waals surface area contributed by atoms with Gasteiger partial charge in [0.1, 0.15) is 0 Å². The third-order valence-corrected chi connectivity index (χ3v) is 3.47. The summed E-state index contributed by atoms with van der Waals surface area (Å²) in [5.41, 5.74) is 8.49. The van der Waals surface area contributed by atoms with Gasteiger partial charge in [-0.2, -0.15) is 0 Å². The molecule has 2 rings (SSSR count). The number of hydrogen-bond acceptors (Lipinski definition) is 1. The van der Waals surface area contributed by atoms with Crippen LogP contribution in [0, 0.1) is 0 Å². The quantitative estimate of drug-likeness (QED) is 0.632. The molecule has 0 radical (unpaired) electrons. The van der Waals surface area contributed by atoms with Gasteiger partial charge in [-0.15, -0.1) is 0 Å². The van der Waals surface area contributed by atoms with E-state index in [-0.39, 0.29) is 0 Å². The summed E-state index contributed by atoms with van der Waals surface area (Å²) >= 11 is 0. The van der Waals surface area contributed by atoms with Crippen molar-refractivity contribution in [1.82, 2.24) is 5.32 Å². The second-order valence-corrected chi connectivity index (χ2v) is 5.20. The first-order valence-corrected chi connectivity index (χ1v) is 7.38. The first-order chi connectivity index (χ1) is 10.3. The molecule has 0 aliphatic carbocycles. The van der Waals surface area contributed by atoms with Crippen molar-refractivity contribution in [2.75, 3.05) is 13.1 Å². The van der Waals surface area contributed by atoms with Crippen LogP contribution in [0.2, 0.25) is 0 Å². The van der Waals surface area contributed by atoms with Crippen molar-refractivity contribution in [2.24, 2.45) is 10.7 Å². The lowest BCUT2D eigenvalue weighted by atomic mass is 10.0. The van der Waals surface area contributed by atoms with E-state index in [1.54, 1.807) is 0 Å². The van der Waals surface area contributed by atoms with Crippen LogP contribution in [0.4, 0.5) is 0 Å². The van der Waals surface area contributed by atoms with Gasteiger partial charge in [0.05, 0.1) is 0 Å². The van der Waals surface area contributed by atoms with Gasteiger partial charge in [-0.1, -0.05) is 67.6 Å². The van der Waals surface area contributed by atoms with Gasteiger partial charge in [-0.3, -0.25) is 4.99 Å². The average Bonchev–Trinajstić information content (AvgIpc) is 2.54. The third-order valence-electron chi connectivity index (χ3n) is 3.47. The molecule has 21 heavy (non-hydrogen) atoms. The molecule has 1 atom stereocenters. The number of rotatable bonds is 6. The molecule has 110 valence electrons. The fraction of sp³-hybridized carbons (Fsp3) is 0.278. The Bertz CT molecular complexity index is 549. The van der Waals surface area contributed by atoms with E-state index in [0.29, 0.717) is 18.4 Å². The largest absolute Gasteiger partial charge is 0.370 e. The van der Waals surface area contributed by atoms with Gasteiger partial charge in [0.25, 0.3) is 0 Å². The molecule has 0 fully saturated rings. The predicted molar refractivity (Wildman–Crippen MR) is 89.5 cm³/mol. The molecular formula is C18H23N3. The Kier molecular flexibility index (Phi) is 5.83. The van der Waals surface area contributed by atoms with Crippen LogP contribution in [-0.4, -0.2) is 19.0 Å². The summed E-state index contributed by atoms with van der Waals surface area (Å²) in [6.07, 6.45) is 0.950. The van der Waals surface area contributed by atoms with E-state index < -0.39 is 0 Å². The van der Waals surface area contributed by atoms with Gasteiger partial charge in [-0.25, -0.2) is 0 Å². The van der Waals surface area contributed by atoms with E-state index in [9.17, 15) is 0 Å². The summed E-state index contributed by atoms with van der Waals surface area (Å²) in [5, 5.41) is 3.17. The molecule has 0 aliphatic rings. The van der Waals surface area contributed by atoms with E-state index in [0.717, 1.165) is 13.0 Å². The van der Waals surface area contributed by atoms with Gasteiger partial charge >= 0.3 is 0 Å². The molecule has 0 aromatic heterocycles. The highest BCUT2D eigenvalue weighted by molar-refractivity contribution is 5.77. The summed E-state index contributed by atoms with van der Waals surface area (Å²) in [6.45, 7) is 3.67. The van der Waals surface area contributed by atoms with E-state index in [1.807, 2.05) is 24.3 Å². The van der Waals surface area contributed by atoms with Crippen molar-refractivity contribution in [3.63, 3.8) is 0 Å². The van der Waals surface area contributed by atoms with Crippen molar-refractivity contribution in [3.8, 4) is 0 Å². The Balaban J connectivity index is 1.74. The highest BCUT2D eigenvalue weighted by atomic mass is 15.1. The van der Waals surface area contributed by atoms with Crippen molar-refractivity contribution in [2.45, 2.75) is 19.3 Å². The molecule has 3 N–H and O–H groups in total. The van der Waals surface area contributed by atoms with Gasteiger partial charge < -0.3 is 11.1 Å². The van der Waals surface area contributed by atoms with Crippen LogP contribution in [-0.2, 0) is 6.42 Å². The van der Waals surface area contributed by atoms with Crippen molar-refractivity contribution >= 4 is 5.96 Å². The number of guanidine groups is 1. The first-order valence-electron chi connectivity index (χ1n) is 7.38. The van der Waals surface area contributed by atoms with Crippen LogP contribution in [0.5, 0.6) is 0 Å². The van der Waals surface area contributed by atoms with E-state index in [4.69, 9.17) is 5.73 Å². The van der Waals surface area contributed by atoms with Crippen molar-refractivity contribution in [3.05, 3.63) is 71.8 Å². The Morgan fingerprint density at radius 2 is 1.67 bits per heavy atom. The minimum atomic E-state index is 0.376. The van der Waals surface area contributed by atoms with Gasteiger partial charge in [0, 0.05) is 19.0 Å². The maximum atomic E-state index is 5.90. The number of nitrogens with one attached hydrogen (secondary N) is 1. The molecule has 0 aliphatic heterocycles. The highest BCUT2D eigenvalue weighted by Crippen LogP contribution is 2.14. The van der Waals surface area contributed by atoms with Gasteiger partial charge in [0.15, 0.2) is 5.96 Å². The molecule has 3 heteroatoms. The molecule has 1 unspecified atom stereocenters. The zero-order valence-electron chi connectivity index (χ0n) is 12.5. The lowest BCUT2D eigenvalue weighted by Crippen LogP contribution is -2.33. The van der Waals surface area contributed by atoms with E-state index in [2.05, 4.69) is 53.6 Å². The fourth-order valence-corrected chi connectivity index (χ4v) is 2.16. The molecule has 2 aromatic carbocycles. The van der Waals surface area contributed by atoms with Crippen LogP contribution >= 0.6 is 0 Å². The molecule has 0 spiro atoms. The minimum absolute atomic E-state index is 0.376. The first kappa shape index (κ1) is 15.1. The van der Waals surface area contributed by atoms with Crippen LogP contribution in [0.1, 0.15) is 24.0 Å². The summed E-state index contributed by atoms with van der Waals surface area (Å²) in [4.78, 5) is 4.41. The lowest BCUT2D eigenvalue weighted by molar-refractivity contribution is 0.762. The Morgan fingerprint density at radius 1 is 1.05 bits per heavy atom. The smallest absolute Gasteiger partial charge is 0.188 e. The van der Waals surface area contributed by atoms with Crippen molar-refractivity contribution in [1.29, 1.82) is 0 Å². The summed E-state index contributed by atoms with van der Waals surface area (Å²) < 4.78 is 0. The lowest BCUT2D eigenvalue weighted by Gasteiger charge is -2.10. The number of benzene rings is 2. The summed E-state index contributed by atoms with van der Waals surface area (Å²) in [7, 11) is 0. The number of aliphatic imine (C=N–C) groups is 1. The van der Waals surface area contributed by atoms with E-state index in [1.165, 1.54) is 11.1 Å². The van der Waals surface area contributed by atoms with Gasteiger partial charge in [-0.05, 0) is 17.5 Å². The molecule has 0 bridgehead atoms. The SMILES string of the molecule is CC(CN=C(N)NCCc1ccccc1)c1ccccc1. The molecule has 3 nitrogen and oxygen atoms in total. The Morgan fingerprint density at radius 3 is 2.33 bits per heavy atom. The van der Waals surface area contributed by atoms with Gasteiger partial charge in [0.2, 0.25) is 0 Å². The molecule has 0 amide bonds. The van der Waals surface area contributed by atoms with Crippen LogP contribution in [0.25, 0.3) is 0 Å². The molecule has 0 heterocycles. The Hall–Kier alpha value is -2.29. The van der Waals surface area contributed by atoms with E-state index >= 15 is 0 Å². The normalized spacial score (nSPS) is 12.9. The predicted octanol–water partition coefficient (Wildman–Crippen LogP) is 2.94. The fourth-order valence-electron chi connectivity index (χ4n) is 2.16. The van der Waals surface area contributed by atoms with Crippen LogP contribution in [0.15, 0.2) is 65.7 Å². The summed E-state index contributed by atoms with van der Waals surface area (Å²) in [6, 6.07) is 20.7. The molecule has 0 saturated heterocycles. The topological polar surface area (TPSA) is 50.4 Å². The standard InChI is InChI=1S/C18H23N3/c1-15(17-10-6-3-7-11-17)14-21-18(19)20-13-12-16-8-4-2-5-9-16/h2-11,15H,12-14H2,1H3,(H3,19,20,21). The van der Waals surface area contributed by atoms with Crippen LogP contribution in [0.3, 0.4) is 0 Å².